The lowest BCUT2D eigenvalue weighted by molar-refractivity contribution is 0.321. The van der Waals surface area contributed by atoms with E-state index >= 15 is 0 Å². The summed E-state index contributed by atoms with van der Waals surface area (Å²) in [5.41, 5.74) is 0. The molecule has 0 unspecified atom stereocenters. The van der Waals surface area contributed by atoms with Gasteiger partial charge in [0.1, 0.15) is 10.9 Å². The summed E-state index contributed by atoms with van der Waals surface area (Å²) in [5, 5.41) is 4.57. The summed E-state index contributed by atoms with van der Waals surface area (Å²) in [7, 11) is -3.61. The molecule has 25 heavy (non-hydrogen) atoms. The number of benzene rings is 1. The van der Waals surface area contributed by atoms with Crippen molar-refractivity contribution in [3.8, 4) is 5.75 Å². The Bertz CT molecular complexity index is 850. The van der Waals surface area contributed by atoms with Gasteiger partial charge in [-0.25, -0.2) is 13.4 Å². The van der Waals surface area contributed by atoms with Gasteiger partial charge in [-0.15, -0.1) is 0 Å². The molecule has 0 saturated carbocycles. The van der Waals surface area contributed by atoms with E-state index in [1.807, 2.05) is 6.92 Å². The molecule has 6 nitrogen and oxygen atoms in total. The minimum atomic E-state index is -3.61. The summed E-state index contributed by atoms with van der Waals surface area (Å²) in [6.45, 7) is 4.97. The molecule has 1 aliphatic rings. The molecule has 2 aromatic rings. The van der Waals surface area contributed by atoms with E-state index in [2.05, 4.69) is 10.3 Å². The van der Waals surface area contributed by atoms with Crippen molar-refractivity contribution < 1.29 is 13.2 Å². The fourth-order valence-electron chi connectivity index (χ4n) is 2.96. The highest BCUT2D eigenvalue weighted by molar-refractivity contribution is 7.89. The van der Waals surface area contributed by atoms with E-state index in [1.54, 1.807) is 18.2 Å². The van der Waals surface area contributed by atoms with Gasteiger partial charge in [-0.1, -0.05) is 18.5 Å². The monoisotopic (exact) mass is 383 g/mol. The molecule has 2 heterocycles. The van der Waals surface area contributed by atoms with Crippen LogP contribution in [0.2, 0.25) is 5.15 Å². The van der Waals surface area contributed by atoms with E-state index in [1.165, 1.54) is 10.5 Å². The largest absolute Gasteiger partial charge is 0.493 e. The van der Waals surface area contributed by atoms with E-state index < -0.39 is 10.0 Å². The maximum absolute atomic E-state index is 13.2. The Hall–Kier alpha value is -1.41. The SMILES string of the molecule is CCCOc1ccc(S(=O)(=O)N2CCCNCC2)c2ccnc(Cl)c12. The molecule has 1 N–H and O–H groups in total. The Kier molecular flexibility index (Phi) is 5.78. The maximum Gasteiger partial charge on any atom is 0.243 e. The second-order valence-electron chi connectivity index (χ2n) is 5.94. The number of aromatic nitrogens is 1. The highest BCUT2D eigenvalue weighted by atomic mass is 35.5. The molecule has 3 rings (SSSR count). The quantitative estimate of drug-likeness (QED) is 0.803. The van der Waals surface area contributed by atoms with E-state index in [4.69, 9.17) is 16.3 Å². The Balaban J connectivity index is 2.12. The fourth-order valence-corrected chi connectivity index (χ4v) is 4.88. The number of halogens is 1. The third-order valence-corrected chi connectivity index (χ3v) is 6.42. The van der Waals surface area contributed by atoms with Crippen molar-refractivity contribution in [1.29, 1.82) is 0 Å². The molecule has 0 spiro atoms. The zero-order chi connectivity index (χ0) is 17.9. The Morgan fingerprint density at radius 2 is 2.12 bits per heavy atom. The van der Waals surface area contributed by atoms with E-state index in [9.17, 15) is 8.42 Å². The van der Waals surface area contributed by atoms with Crippen molar-refractivity contribution in [3.05, 3.63) is 29.5 Å². The summed E-state index contributed by atoms with van der Waals surface area (Å²) in [6, 6.07) is 4.97. The number of hydrogen-bond acceptors (Lipinski definition) is 5. The molecule has 1 fully saturated rings. The Morgan fingerprint density at radius 3 is 2.92 bits per heavy atom. The smallest absolute Gasteiger partial charge is 0.243 e. The molecule has 8 heteroatoms. The molecule has 0 aliphatic carbocycles. The number of sulfonamides is 1. The van der Waals surface area contributed by atoms with Gasteiger partial charge >= 0.3 is 0 Å². The van der Waals surface area contributed by atoms with Gasteiger partial charge in [0.05, 0.1) is 16.9 Å². The van der Waals surface area contributed by atoms with Crippen LogP contribution in [0.1, 0.15) is 19.8 Å². The third-order valence-electron chi connectivity index (χ3n) is 4.18. The van der Waals surface area contributed by atoms with E-state index in [0.717, 1.165) is 19.4 Å². The van der Waals surface area contributed by atoms with Crippen LogP contribution < -0.4 is 10.1 Å². The van der Waals surface area contributed by atoms with Gasteiger partial charge in [0.15, 0.2) is 0 Å². The second-order valence-corrected chi connectivity index (χ2v) is 8.21. The fraction of sp³-hybridized carbons (Fsp3) is 0.471. The minimum absolute atomic E-state index is 0.248. The van der Waals surface area contributed by atoms with Crippen molar-refractivity contribution >= 4 is 32.4 Å². The van der Waals surface area contributed by atoms with Crippen molar-refractivity contribution in [2.45, 2.75) is 24.7 Å². The predicted molar refractivity (Wildman–Crippen MR) is 98.8 cm³/mol. The first-order valence-electron chi connectivity index (χ1n) is 8.46. The molecule has 0 atom stereocenters. The number of nitrogens with one attached hydrogen (secondary N) is 1. The molecule has 1 saturated heterocycles. The topological polar surface area (TPSA) is 71.5 Å². The van der Waals surface area contributed by atoms with Gasteiger partial charge in [-0.2, -0.15) is 4.31 Å². The van der Waals surface area contributed by atoms with Crippen LogP contribution in [0.15, 0.2) is 29.3 Å². The normalized spacial score (nSPS) is 16.7. The summed E-state index contributed by atoms with van der Waals surface area (Å²) in [4.78, 5) is 4.34. The lowest BCUT2D eigenvalue weighted by Gasteiger charge is -2.21. The van der Waals surface area contributed by atoms with Crippen LogP contribution in [0.4, 0.5) is 0 Å². The van der Waals surface area contributed by atoms with Gasteiger partial charge in [0, 0.05) is 31.2 Å². The van der Waals surface area contributed by atoms with Gasteiger partial charge in [-0.3, -0.25) is 0 Å². The number of rotatable bonds is 5. The molecule has 136 valence electrons. The van der Waals surface area contributed by atoms with Crippen molar-refractivity contribution in [1.82, 2.24) is 14.6 Å². The Labute approximate surface area is 153 Å². The summed E-state index contributed by atoms with van der Waals surface area (Å²) in [6.07, 6.45) is 3.16. The van der Waals surface area contributed by atoms with Crippen LogP contribution in [-0.2, 0) is 10.0 Å². The maximum atomic E-state index is 13.2. The number of hydrogen-bond donors (Lipinski definition) is 1. The summed E-state index contributed by atoms with van der Waals surface area (Å²) in [5.74, 6) is 0.562. The number of fused-ring (bicyclic) bond motifs is 1. The molecule has 1 aromatic heterocycles. The van der Waals surface area contributed by atoms with Crippen LogP contribution >= 0.6 is 11.6 Å². The first-order chi connectivity index (χ1) is 12.1. The van der Waals surface area contributed by atoms with Crippen LogP contribution in [0.5, 0.6) is 5.75 Å². The second kappa shape index (κ2) is 7.86. The predicted octanol–water partition coefficient (Wildman–Crippen LogP) is 2.66. The van der Waals surface area contributed by atoms with Crippen molar-refractivity contribution in [3.63, 3.8) is 0 Å². The van der Waals surface area contributed by atoms with Gasteiger partial charge < -0.3 is 10.1 Å². The zero-order valence-corrected chi connectivity index (χ0v) is 15.7. The molecular formula is C17H22ClN3O3S. The molecule has 0 radical (unpaired) electrons. The summed E-state index contributed by atoms with van der Waals surface area (Å²) < 4.78 is 33.6. The van der Waals surface area contributed by atoms with E-state index in [0.29, 0.717) is 42.8 Å². The number of pyridine rings is 1. The first-order valence-corrected chi connectivity index (χ1v) is 10.3. The highest BCUT2D eigenvalue weighted by Gasteiger charge is 2.28. The average Bonchev–Trinajstić information content (AvgIpc) is 2.89. The molecule has 0 amide bonds. The van der Waals surface area contributed by atoms with Crippen LogP contribution in [-0.4, -0.2) is 50.5 Å². The van der Waals surface area contributed by atoms with Gasteiger partial charge in [0.2, 0.25) is 10.0 Å². The first kappa shape index (κ1) is 18.4. The number of nitrogens with zero attached hydrogens (tertiary/aromatic N) is 2. The van der Waals surface area contributed by atoms with Crippen LogP contribution in [0.3, 0.4) is 0 Å². The van der Waals surface area contributed by atoms with Crippen LogP contribution in [0.25, 0.3) is 10.8 Å². The molecule has 1 aromatic carbocycles. The van der Waals surface area contributed by atoms with E-state index in [-0.39, 0.29) is 10.0 Å². The zero-order valence-electron chi connectivity index (χ0n) is 14.2. The lowest BCUT2D eigenvalue weighted by atomic mass is 10.1. The third kappa shape index (κ3) is 3.74. The van der Waals surface area contributed by atoms with Crippen LogP contribution in [0, 0.1) is 0 Å². The minimum Gasteiger partial charge on any atom is -0.493 e. The Morgan fingerprint density at radius 1 is 1.28 bits per heavy atom. The lowest BCUT2D eigenvalue weighted by Crippen LogP contribution is -2.34. The molecular weight excluding hydrogens is 362 g/mol. The van der Waals surface area contributed by atoms with Crippen molar-refractivity contribution in [2.75, 3.05) is 32.8 Å². The van der Waals surface area contributed by atoms with Gasteiger partial charge in [-0.05, 0) is 37.6 Å². The molecule has 1 aliphatic heterocycles. The van der Waals surface area contributed by atoms with Crippen molar-refractivity contribution in [2.24, 2.45) is 0 Å². The standard InChI is InChI=1S/C17H22ClN3O3S/c1-2-12-24-14-4-5-15(13-6-8-20-17(18)16(13)14)25(22,23)21-10-3-7-19-9-11-21/h4-6,8,19H,2-3,7,9-12H2,1H3. The average molecular weight is 384 g/mol. The number of ether oxygens (including phenoxy) is 1. The van der Waals surface area contributed by atoms with Gasteiger partial charge in [0.25, 0.3) is 0 Å². The summed E-state index contributed by atoms with van der Waals surface area (Å²) >= 11 is 6.27. The molecule has 0 bridgehead atoms. The highest BCUT2D eigenvalue weighted by Crippen LogP contribution is 2.36.